The van der Waals surface area contributed by atoms with Gasteiger partial charge in [-0.25, -0.2) is 19.2 Å². The second kappa shape index (κ2) is 39.1. The van der Waals surface area contributed by atoms with Crippen molar-refractivity contribution >= 4 is 141 Å². The van der Waals surface area contributed by atoms with Crippen LogP contribution < -0.4 is 20.4 Å². The Bertz CT molecular complexity index is 4710. The lowest BCUT2D eigenvalue weighted by molar-refractivity contribution is -0.309. The van der Waals surface area contributed by atoms with Crippen LogP contribution in [0.15, 0.2) is 71.9 Å². The molecule has 39 heteroatoms. The summed E-state index contributed by atoms with van der Waals surface area (Å²) in [5.41, 5.74) is -1.67. The number of fused-ring (bicyclic) bond motifs is 14. The van der Waals surface area contributed by atoms with Gasteiger partial charge in [0.2, 0.25) is 59.1 Å². The molecule has 676 valence electrons. The van der Waals surface area contributed by atoms with Crippen molar-refractivity contribution in [2.75, 3.05) is 83.5 Å². The molecule has 12 amide bonds. The molecule has 35 nitrogen and oxygen atoms in total. The van der Waals surface area contributed by atoms with Crippen LogP contribution in [0.5, 0.6) is 0 Å². The number of rotatable bonds is 15. The van der Waals surface area contributed by atoms with E-state index in [1.165, 1.54) is 66.1 Å². The van der Waals surface area contributed by atoms with E-state index >= 15 is 9.59 Å². The van der Waals surface area contributed by atoms with Gasteiger partial charge in [0.1, 0.15) is 59.9 Å². The number of anilines is 2. The summed E-state index contributed by atoms with van der Waals surface area (Å²) < 4.78 is 42.0. The molecule has 0 radical (unpaired) electrons. The van der Waals surface area contributed by atoms with E-state index in [0.717, 1.165) is 75.4 Å². The normalized spacial score (nSPS) is 32.5. The Kier molecular flexibility index (Phi) is 30.1. The lowest BCUT2D eigenvalue weighted by atomic mass is 9.83. The molecule has 4 unspecified atom stereocenters. The topological polar surface area (TPSA) is 419 Å². The Morgan fingerprint density at radius 2 is 0.976 bits per heavy atom. The van der Waals surface area contributed by atoms with Crippen molar-refractivity contribution in [3.8, 4) is 0 Å². The summed E-state index contributed by atoms with van der Waals surface area (Å²) in [6.45, 7) is 14.1. The molecular weight excluding hydrogens is 1700 g/mol. The van der Waals surface area contributed by atoms with Crippen LogP contribution in [0.1, 0.15) is 142 Å². The molecular formula is C85H110Cl2N10O25S2. The first-order valence-electron chi connectivity index (χ1n) is 41.1. The van der Waals surface area contributed by atoms with Gasteiger partial charge in [-0.2, -0.15) is 4.89 Å². The summed E-state index contributed by atoms with van der Waals surface area (Å²) in [6.07, 6.45) is -4.44. The fourth-order valence-corrected chi connectivity index (χ4v) is 20.0. The maximum Gasteiger partial charge on any atom is 0.409 e. The quantitative estimate of drug-likeness (QED) is 0.0374. The summed E-state index contributed by atoms with van der Waals surface area (Å²) >= 11 is 16.0. The third kappa shape index (κ3) is 21.0. The fraction of sp³-hybridized carbons (Fsp3) is 0.600. The number of benzene rings is 2. The van der Waals surface area contributed by atoms with E-state index in [0.29, 0.717) is 35.3 Å². The minimum absolute atomic E-state index is 0.132. The zero-order chi connectivity index (χ0) is 90.8. The number of epoxide rings is 2. The molecule has 0 spiro atoms. The van der Waals surface area contributed by atoms with Crippen LogP contribution in [0.25, 0.3) is 0 Å². The van der Waals surface area contributed by atoms with Crippen molar-refractivity contribution < 1.29 is 120 Å². The number of esters is 1. The van der Waals surface area contributed by atoms with Gasteiger partial charge in [-0.1, -0.05) is 96.8 Å². The van der Waals surface area contributed by atoms with Crippen LogP contribution in [0, 0.1) is 25.7 Å². The molecule has 0 aromatic heterocycles. The summed E-state index contributed by atoms with van der Waals surface area (Å²) in [6, 6.07) is 4.24. The van der Waals surface area contributed by atoms with E-state index in [1.54, 1.807) is 78.0 Å². The molecule has 2 aromatic rings. The summed E-state index contributed by atoms with van der Waals surface area (Å²) in [4.78, 5) is 218. The predicted octanol–water partition coefficient (Wildman–Crippen LogP) is 6.40. The summed E-state index contributed by atoms with van der Waals surface area (Å²) in [5.74, 6) is -11.0. The number of hydrogen-bond donors (Lipinski definition) is 4. The number of aryl methyl sites for hydroxylation is 2. The number of methoxy groups -OCH3 is 2. The number of amides is 12. The van der Waals surface area contributed by atoms with Crippen LogP contribution in [-0.4, -0.2) is 291 Å². The van der Waals surface area contributed by atoms with Gasteiger partial charge in [0.15, 0.2) is 11.4 Å². The number of nitrogens with one attached hydrogen (secondary N) is 2. The molecule has 0 aliphatic carbocycles. The predicted molar refractivity (Wildman–Crippen MR) is 452 cm³/mol. The molecule has 11 rings (SSSR count). The molecule has 124 heavy (non-hydrogen) atoms. The van der Waals surface area contributed by atoms with Crippen molar-refractivity contribution in [1.82, 2.24) is 40.3 Å². The molecule has 18 atom stereocenters. The first-order valence-corrected chi connectivity index (χ1v) is 43.9. The van der Waals surface area contributed by atoms with Crippen LogP contribution in [-0.2, 0) is 113 Å². The smallest absolute Gasteiger partial charge is 0.409 e. The Labute approximate surface area is 737 Å². The SMILES string of the molecule is CO[C@@H]1/C=C/C=C(\C)Cc2cc(C)c(Cl)c(c2)N(C)C(=O)C[C@H](OOC(=O)[C@H](C)N(C)C(=O)CCN2C(=O)CCN3C(=O)CC(SCSC4CC(=O)N(CCC(=O)N2CCC(=O)N(C)[C@@H](C)C(=O)O[C@H]2CC(=O)N(C)c5cc(cc(C)c5Cl)C/C(C)=C/C=C/[C@@H](OC)[C@@]5(O)CC(OC(=O)N5)[C@@H](C)[C@H]5O[C@@]25C)C4=O)C3=O)[C@]2(C)O[C@@H]2[C@H](C)C2C[C@@]1(O)NC(=O)O2. The average molecular weight is 1810 g/mol. The largest absolute Gasteiger partial charge is 0.457 e. The number of nitrogens with zero attached hydrogens (tertiary/aromatic N) is 8. The Hall–Kier alpha value is -9.02. The maximum absolute atomic E-state index is 15.2. The molecule has 9 aliphatic rings. The standard InChI is InChI=1S/C85H110Cl2N10O25S2/c1-44-19-17-21-60(114-15)84(112)41-56(116-80(110)88-84)48(5)74-82(9,119-74)62(39-68(102)92(13)54-35-52(31-44)33-46(3)72(54)86)118-78(108)50(7)90(11)64(98)25-29-96-66(100)23-27-94-70(104)37-58(76(94)106)123-43-124-59-38-71(105)95(77(59)107)28-24-67(101)97(96)30-26-65(99)91(12)51(8)79(109)122-121-63-40-69(103)93(14)55-36-53(34-47(4)73(55)87)32-45(2)20-18-22-61(115-16)85(113)42-57(117-81(111)89-85)49(6)75-83(63,10)120-75/h17-22,33-36,48-51,56-63,74-75,112-113H,23-32,37-43H2,1-16H3,(H,88,110)(H,89,111)/b21-17+,22-18+,44-19+,45-20+/t48-,49-,50+,51+,56?,57?,58?,59?,60-,61-,62+,63+,74-,75-,82+,83+,84+,85+/m1/s1. The van der Waals surface area contributed by atoms with Crippen molar-refractivity contribution in [3.05, 3.63) is 104 Å². The van der Waals surface area contributed by atoms with Crippen molar-refractivity contribution in [3.63, 3.8) is 0 Å². The van der Waals surface area contributed by atoms with E-state index in [9.17, 15) is 67.7 Å². The fourth-order valence-electron chi connectivity index (χ4n) is 16.8. The van der Waals surface area contributed by atoms with Gasteiger partial charge < -0.3 is 63.0 Å². The molecule has 7 saturated heterocycles. The van der Waals surface area contributed by atoms with Crippen molar-refractivity contribution in [2.45, 2.75) is 240 Å². The first-order chi connectivity index (χ1) is 58.3. The van der Waals surface area contributed by atoms with Gasteiger partial charge in [0, 0.05) is 124 Å². The Balaban J connectivity index is 0.838. The van der Waals surface area contributed by atoms with E-state index in [-0.39, 0.29) is 40.8 Å². The number of carbonyl (C=O) groups excluding carboxylic acids is 14. The molecule has 7 fully saturated rings. The van der Waals surface area contributed by atoms with Gasteiger partial charge in [0.25, 0.3) is 0 Å². The molecule has 9 aliphatic heterocycles. The first kappa shape index (κ1) is 95.6. The lowest BCUT2D eigenvalue weighted by Crippen LogP contribution is -2.63. The van der Waals surface area contributed by atoms with Crippen molar-refractivity contribution in [2.24, 2.45) is 11.8 Å². The zero-order valence-electron chi connectivity index (χ0n) is 72.3. The number of imide groups is 2. The van der Waals surface area contributed by atoms with E-state index in [4.69, 9.17) is 66.1 Å². The summed E-state index contributed by atoms with van der Waals surface area (Å²) in [5, 5.41) is 29.7. The van der Waals surface area contributed by atoms with Gasteiger partial charge >= 0.3 is 24.1 Å². The monoisotopic (exact) mass is 1800 g/mol. The van der Waals surface area contributed by atoms with Crippen molar-refractivity contribution in [1.29, 1.82) is 0 Å². The highest BCUT2D eigenvalue weighted by Crippen LogP contribution is 2.52. The highest BCUT2D eigenvalue weighted by atomic mass is 35.5. The molecule has 9 heterocycles. The highest BCUT2D eigenvalue weighted by molar-refractivity contribution is 8.17. The third-order valence-electron chi connectivity index (χ3n) is 25.0. The van der Waals surface area contributed by atoms with Gasteiger partial charge in [-0.05, 0) is 103 Å². The maximum atomic E-state index is 15.2. The minimum atomic E-state index is -1.99. The second-order valence-electron chi connectivity index (χ2n) is 33.7. The number of hydrogen-bond acceptors (Lipinski definition) is 27. The molecule has 0 saturated carbocycles. The number of likely N-dealkylation sites (N-methyl/N-ethyl adjacent to an activating group) is 2. The average Bonchev–Trinajstić information content (AvgIpc) is 1.57. The number of alkyl carbamates (subject to hydrolysis) is 2. The highest BCUT2D eigenvalue weighted by Gasteiger charge is 2.66. The Morgan fingerprint density at radius 1 is 0.581 bits per heavy atom. The molecule has 12 bridgehead atoms. The van der Waals surface area contributed by atoms with Gasteiger partial charge in [0.05, 0.1) is 70.1 Å². The minimum Gasteiger partial charge on any atom is -0.457 e. The number of allylic oxidation sites excluding steroid dienone is 6. The Morgan fingerprint density at radius 3 is 1.39 bits per heavy atom. The number of aliphatic hydroxyl groups is 2. The van der Waals surface area contributed by atoms with E-state index < -0.39 is 254 Å². The van der Waals surface area contributed by atoms with Gasteiger partial charge in [-0.3, -0.25) is 83.3 Å². The van der Waals surface area contributed by atoms with Crippen LogP contribution >= 0.6 is 46.7 Å². The zero-order valence-corrected chi connectivity index (χ0v) is 75.5. The number of hydrazine groups is 1. The number of carbonyl (C=O) groups is 14. The van der Waals surface area contributed by atoms with E-state index in [2.05, 4.69) is 10.6 Å². The number of thioether (sulfide) groups is 2. The van der Waals surface area contributed by atoms with Crippen LogP contribution in [0.2, 0.25) is 10.0 Å². The summed E-state index contributed by atoms with van der Waals surface area (Å²) in [7, 11) is 8.25. The van der Waals surface area contributed by atoms with E-state index in [1.807, 2.05) is 38.1 Å². The van der Waals surface area contributed by atoms with Gasteiger partial charge in [-0.15, -0.1) is 23.5 Å². The third-order valence-corrected chi connectivity index (χ3v) is 28.6. The van der Waals surface area contributed by atoms with Crippen LogP contribution in [0.3, 0.4) is 0 Å². The molecule has 2 aromatic carbocycles. The lowest BCUT2D eigenvalue weighted by Gasteiger charge is -2.42. The number of halogens is 2. The molecule has 4 N–H and O–H groups in total. The van der Waals surface area contributed by atoms with Crippen LogP contribution in [0.4, 0.5) is 21.0 Å². The number of ether oxygens (including phenoxy) is 7. The second-order valence-corrected chi connectivity index (χ2v) is 37.2.